The minimum absolute atomic E-state index is 0.0629. The van der Waals surface area contributed by atoms with Gasteiger partial charge in [-0.1, -0.05) is 23.5 Å². The SMILES string of the molecule is COc1ccc(S(=O)(=O)CC(=O)N(Cc2cccnc2)c2nc3ccc(C)cc3s2)cc1. The molecule has 1 amide bonds. The molecule has 4 aromatic rings. The summed E-state index contributed by atoms with van der Waals surface area (Å²) < 4.78 is 31.9. The van der Waals surface area contributed by atoms with Crippen LogP contribution in [0, 0.1) is 6.92 Å². The number of rotatable bonds is 7. The molecular formula is C23H21N3O4S2. The van der Waals surface area contributed by atoms with Gasteiger partial charge in [0.05, 0.1) is 28.8 Å². The molecule has 164 valence electrons. The Bertz CT molecular complexity index is 1350. The topological polar surface area (TPSA) is 89.5 Å². The van der Waals surface area contributed by atoms with Crippen LogP contribution in [0.25, 0.3) is 10.2 Å². The van der Waals surface area contributed by atoms with Gasteiger partial charge in [-0.15, -0.1) is 0 Å². The minimum atomic E-state index is -3.85. The zero-order valence-electron chi connectivity index (χ0n) is 17.6. The molecule has 0 aliphatic heterocycles. The normalized spacial score (nSPS) is 11.4. The van der Waals surface area contributed by atoms with E-state index in [1.165, 1.54) is 35.5 Å². The molecule has 32 heavy (non-hydrogen) atoms. The van der Waals surface area contributed by atoms with E-state index in [4.69, 9.17) is 4.74 Å². The van der Waals surface area contributed by atoms with Gasteiger partial charge in [0.1, 0.15) is 11.5 Å². The Morgan fingerprint density at radius 2 is 1.91 bits per heavy atom. The summed E-state index contributed by atoms with van der Waals surface area (Å²) in [7, 11) is -2.35. The highest BCUT2D eigenvalue weighted by Gasteiger charge is 2.27. The number of carbonyl (C=O) groups excluding carboxylic acids is 1. The van der Waals surface area contributed by atoms with Crippen molar-refractivity contribution >= 4 is 42.4 Å². The van der Waals surface area contributed by atoms with Crippen LogP contribution in [0.2, 0.25) is 0 Å². The number of amides is 1. The number of hydrogen-bond acceptors (Lipinski definition) is 7. The quantitative estimate of drug-likeness (QED) is 0.408. The van der Waals surface area contributed by atoms with E-state index in [9.17, 15) is 13.2 Å². The summed E-state index contributed by atoms with van der Waals surface area (Å²) in [5.74, 6) is -0.687. The van der Waals surface area contributed by atoms with Crippen molar-refractivity contribution in [1.82, 2.24) is 9.97 Å². The van der Waals surface area contributed by atoms with E-state index in [1.807, 2.05) is 31.2 Å². The number of hydrogen-bond donors (Lipinski definition) is 0. The molecule has 0 radical (unpaired) electrons. The van der Waals surface area contributed by atoms with Crippen molar-refractivity contribution < 1.29 is 17.9 Å². The molecule has 9 heteroatoms. The summed E-state index contributed by atoms with van der Waals surface area (Å²) in [5.41, 5.74) is 2.62. The number of carbonyl (C=O) groups is 1. The third kappa shape index (κ3) is 4.79. The van der Waals surface area contributed by atoms with E-state index in [2.05, 4.69) is 9.97 Å². The Morgan fingerprint density at radius 3 is 2.59 bits per heavy atom. The molecule has 0 fully saturated rings. The third-order valence-corrected chi connectivity index (χ3v) is 7.52. The number of aryl methyl sites for hydroxylation is 1. The number of anilines is 1. The lowest BCUT2D eigenvalue weighted by molar-refractivity contribution is -0.116. The number of ether oxygens (including phenoxy) is 1. The van der Waals surface area contributed by atoms with Gasteiger partial charge in [0, 0.05) is 12.4 Å². The fourth-order valence-corrected chi connectivity index (χ4v) is 5.46. The van der Waals surface area contributed by atoms with E-state index in [0.29, 0.717) is 10.9 Å². The summed E-state index contributed by atoms with van der Waals surface area (Å²) in [4.78, 5) is 23.4. The highest BCUT2D eigenvalue weighted by atomic mass is 32.2. The summed E-state index contributed by atoms with van der Waals surface area (Å²) in [6, 6.07) is 15.4. The molecule has 0 N–H and O–H groups in total. The van der Waals surface area contributed by atoms with Gasteiger partial charge >= 0.3 is 0 Å². The first-order valence-electron chi connectivity index (χ1n) is 9.79. The van der Waals surface area contributed by atoms with Crippen molar-refractivity contribution in [3.63, 3.8) is 0 Å². The monoisotopic (exact) mass is 467 g/mol. The van der Waals surface area contributed by atoms with Gasteiger partial charge in [0.15, 0.2) is 15.0 Å². The standard InChI is InChI=1S/C23H21N3O4S2/c1-16-5-10-20-21(12-16)31-23(25-20)26(14-17-4-3-11-24-13-17)22(27)15-32(28,29)19-8-6-18(30-2)7-9-19/h3-13H,14-15H2,1-2H3. The van der Waals surface area contributed by atoms with E-state index < -0.39 is 21.5 Å². The van der Waals surface area contributed by atoms with Crippen LogP contribution in [0.5, 0.6) is 5.75 Å². The molecule has 0 aliphatic rings. The Morgan fingerprint density at radius 1 is 1.12 bits per heavy atom. The number of pyridine rings is 1. The van der Waals surface area contributed by atoms with Gasteiger partial charge in [0.2, 0.25) is 5.91 Å². The van der Waals surface area contributed by atoms with Crippen molar-refractivity contribution in [2.24, 2.45) is 0 Å². The zero-order chi connectivity index (χ0) is 22.7. The molecule has 7 nitrogen and oxygen atoms in total. The predicted molar refractivity (Wildman–Crippen MR) is 125 cm³/mol. The van der Waals surface area contributed by atoms with Crippen LogP contribution in [0.3, 0.4) is 0 Å². The molecule has 0 atom stereocenters. The van der Waals surface area contributed by atoms with Crippen LogP contribution < -0.4 is 9.64 Å². The number of nitrogens with zero attached hydrogens (tertiary/aromatic N) is 3. The molecule has 0 bridgehead atoms. The molecule has 0 spiro atoms. The second-order valence-electron chi connectivity index (χ2n) is 7.24. The summed E-state index contributed by atoms with van der Waals surface area (Å²) in [5, 5.41) is 0.449. The maximum absolute atomic E-state index is 13.3. The first-order valence-corrected chi connectivity index (χ1v) is 12.3. The molecule has 0 saturated carbocycles. The van der Waals surface area contributed by atoms with Crippen LogP contribution in [0.15, 0.2) is 71.9 Å². The van der Waals surface area contributed by atoms with Crippen molar-refractivity contribution in [2.75, 3.05) is 17.8 Å². The second-order valence-corrected chi connectivity index (χ2v) is 10.2. The third-order valence-electron chi connectivity index (χ3n) is 4.86. The lowest BCUT2D eigenvalue weighted by atomic mass is 10.2. The zero-order valence-corrected chi connectivity index (χ0v) is 19.2. The molecule has 2 heterocycles. The maximum Gasteiger partial charge on any atom is 0.244 e. The predicted octanol–water partition coefficient (Wildman–Crippen LogP) is 4.02. The Hall–Kier alpha value is -3.30. The van der Waals surface area contributed by atoms with Crippen LogP contribution in [-0.2, 0) is 21.2 Å². The molecule has 2 aromatic heterocycles. The number of aromatic nitrogens is 2. The van der Waals surface area contributed by atoms with Crippen LogP contribution in [-0.4, -0.2) is 37.2 Å². The highest BCUT2D eigenvalue weighted by molar-refractivity contribution is 7.92. The van der Waals surface area contributed by atoms with E-state index in [0.717, 1.165) is 21.3 Å². The Balaban J connectivity index is 1.67. The lowest BCUT2D eigenvalue weighted by Gasteiger charge is -2.20. The first kappa shape index (κ1) is 21.9. The molecule has 0 saturated heterocycles. The minimum Gasteiger partial charge on any atom is -0.497 e. The lowest BCUT2D eigenvalue weighted by Crippen LogP contribution is -2.35. The number of benzene rings is 2. The van der Waals surface area contributed by atoms with Gasteiger partial charge in [-0.05, 0) is 60.5 Å². The largest absolute Gasteiger partial charge is 0.497 e. The summed E-state index contributed by atoms with van der Waals surface area (Å²) >= 11 is 1.36. The van der Waals surface area contributed by atoms with E-state index in [1.54, 1.807) is 30.6 Å². The highest BCUT2D eigenvalue weighted by Crippen LogP contribution is 2.31. The van der Waals surface area contributed by atoms with Gasteiger partial charge in [-0.25, -0.2) is 13.4 Å². The molecule has 2 aromatic carbocycles. The van der Waals surface area contributed by atoms with Gasteiger partial charge in [-0.3, -0.25) is 14.7 Å². The van der Waals surface area contributed by atoms with Crippen molar-refractivity contribution in [3.8, 4) is 5.75 Å². The Labute approximate surface area is 190 Å². The second kappa shape index (κ2) is 9.05. The number of sulfone groups is 1. The summed E-state index contributed by atoms with van der Waals surface area (Å²) in [6.07, 6.45) is 3.29. The molecular weight excluding hydrogens is 446 g/mol. The van der Waals surface area contributed by atoms with Crippen LogP contribution in [0.4, 0.5) is 5.13 Å². The van der Waals surface area contributed by atoms with Gasteiger partial charge < -0.3 is 4.74 Å². The average Bonchev–Trinajstić information content (AvgIpc) is 3.20. The van der Waals surface area contributed by atoms with Crippen molar-refractivity contribution in [3.05, 3.63) is 78.1 Å². The fourth-order valence-electron chi connectivity index (χ4n) is 3.18. The first-order chi connectivity index (χ1) is 15.4. The molecule has 4 rings (SSSR count). The van der Waals surface area contributed by atoms with E-state index >= 15 is 0 Å². The van der Waals surface area contributed by atoms with Gasteiger partial charge in [-0.2, -0.15) is 0 Å². The molecule has 0 aliphatic carbocycles. The van der Waals surface area contributed by atoms with Crippen molar-refractivity contribution in [1.29, 1.82) is 0 Å². The molecule has 0 unspecified atom stereocenters. The number of fused-ring (bicyclic) bond motifs is 1. The smallest absolute Gasteiger partial charge is 0.244 e. The fraction of sp³-hybridized carbons (Fsp3) is 0.174. The number of methoxy groups -OCH3 is 1. The average molecular weight is 468 g/mol. The van der Waals surface area contributed by atoms with E-state index in [-0.39, 0.29) is 11.4 Å². The van der Waals surface area contributed by atoms with Crippen molar-refractivity contribution in [2.45, 2.75) is 18.4 Å². The van der Waals surface area contributed by atoms with Gasteiger partial charge in [0.25, 0.3) is 0 Å². The Kier molecular flexibility index (Phi) is 6.20. The number of thiazole rings is 1. The summed E-state index contributed by atoms with van der Waals surface area (Å²) in [6.45, 7) is 2.16. The van der Waals surface area contributed by atoms with Crippen LogP contribution >= 0.6 is 11.3 Å². The maximum atomic E-state index is 13.3. The van der Waals surface area contributed by atoms with Crippen LogP contribution in [0.1, 0.15) is 11.1 Å².